The molecule has 1 amide bonds. The Kier molecular flexibility index (Phi) is 3.23. The first-order valence-corrected chi connectivity index (χ1v) is 5.58. The van der Waals surface area contributed by atoms with Gasteiger partial charge in [0.2, 0.25) is 0 Å². The van der Waals surface area contributed by atoms with E-state index in [-0.39, 0.29) is 5.91 Å². The summed E-state index contributed by atoms with van der Waals surface area (Å²) >= 11 is 0. The first-order valence-electron chi connectivity index (χ1n) is 5.58. The predicted octanol–water partition coefficient (Wildman–Crippen LogP) is 2.23. The second kappa shape index (κ2) is 4.82. The number of para-hydroxylation sites is 1. The van der Waals surface area contributed by atoms with Gasteiger partial charge >= 0.3 is 0 Å². The van der Waals surface area contributed by atoms with Crippen LogP contribution in [0.3, 0.4) is 0 Å². The highest BCUT2D eigenvalue weighted by Crippen LogP contribution is 2.16. The highest BCUT2D eigenvalue weighted by atomic mass is 16.2. The summed E-state index contributed by atoms with van der Waals surface area (Å²) in [5, 5.41) is 2.90. The smallest absolute Gasteiger partial charge is 0.273 e. The summed E-state index contributed by atoms with van der Waals surface area (Å²) in [6.07, 6.45) is 4.06. The zero-order chi connectivity index (χ0) is 12.3. The second-order valence-corrected chi connectivity index (χ2v) is 3.85. The summed E-state index contributed by atoms with van der Waals surface area (Å²) < 4.78 is 1.70. The third kappa shape index (κ3) is 2.36. The molecule has 4 heteroatoms. The molecule has 88 valence electrons. The number of rotatable bonds is 3. The quantitative estimate of drug-likeness (QED) is 0.877. The molecule has 1 heterocycles. The van der Waals surface area contributed by atoms with Crippen LogP contribution in [-0.2, 0) is 13.5 Å². The van der Waals surface area contributed by atoms with Crippen molar-refractivity contribution < 1.29 is 4.79 Å². The number of nitrogens with one attached hydrogen (secondary N) is 1. The maximum atomic E-state index is 12.0. The number of aryl methyl sites for hydroxylation is 2. The Bertz CT molecular complexity index is 531. The van der Waals surface area contributed by atoms with Crippen molar-refractivity contribution in [3.8, 4) is 0 Å². The number of benzene rings is 1. The van der Waals surface area contributed by atoms with Crippen molar-refractivity contribution in [1.82, 2.24) is 9.55 Å². The molecule has 17 heavy (non-hydrogen) atoms. The van der Waals surface area contributed by atoms with E-state index in [1.807, 2.05) is 24.3 Å². The molecule has 2 rings (SSSR count). The van der Waals surface area contributed by atoms with Gasteiger partial charge in [0.25, 0.3) is 5.91 Å². The van der Waals surface area contributed by atoms with Gasteiger partial charge < -0.3 is 9.88 Å². The summed E-state index contributed by atoms with van der Waals surface area (Å²) in [6.45, 7) is 2.06. The summed E-state index contributed by atoms with van der Waals surface area (Å²) in [6, 6.07) is 7.81. The number of carbonyl (C=O) groups excluding carboxylic acids is 1. The maximum Gasteiger partial charge on any atom is 0.273 e. The van der Waals surface area contributed by atoms with Crippen molar-refractivity contribution in [2.75, 3.05) is 5.32 Å². The third-order valence-corrected chi connectivity index (χ3v) is 2.70. The normalized spacial score (nSPS) is 10.2. The van der Waals surface area contributed by atoms with Gasteiger partial charge in [0.1, 0.15) is 5.69 Å². The maximum absolute atomic E-state index is 12.0. The molecule has 1 aromatic heterocycles. The predicted molar refractivity (Wildman–Crippen MR) is 67.0 cm³/mol. The molecule has 0 aliphatic carbocycles. The fourth-order valence-electron chi connectivity index (χ4n) is 1.71. The van der Waals surface area contributed by atoms with Crippen LogP contribution in [0.25, 0.3) is 0 Å². The van der Waals surface area contributed by atoms with E-state index in [0.717, 1.165) is 17.7 Å². The van der Waals surface area contributed by atoms with Gasteiger partial charge in [-0.05, 0) is 18.1 Å². The number of nitrogens with zero attached hydrogens (tertiary/aromatic N) is 2. The number of imidazole rings is 1. The minimum absolute atomic E-state index is 0.133. The van der Waals surface area contributed by atoms with Crippen molar-refractivity contribution in [3.05, 3.63) is 48.0 Å². The minimum Gasteiger partial charge on any atom is -0.330 e. The molecule has 4 nitrogen and oxygen atoms in total. The number of anilines is 1. The molecule has 0 aliphatic rings. The van der Waals surface area contributed by atoms with Gasteiger partial charge in [-0.1, -0.05) is 25.1 Å². The summed E-state index contributed by atoms with van der Waals surface area (Å²) in [4.78, 5) is 15.9. The summed E-state index contributed by atoms with van der Waals surface area (Å²) in [5.41, 5.74) is 2.54. The molecule has 2 aromatic rings. The zero-order valence-corrected chi connectivity index (χ0v) is 9.97. The Morgan fingerprint density at radius 2 is 2.18 bits per heavy atom. The SMILES string of the molecule is CCc1ccccc1NC(=O)c1cncn1C. The molecule has 1 N–H and O–H groups in total. The number of carbonyl (C=O) groups is 1. The van der Waals surface area contributed by atoms with Crippen LogP contribution in [-0.4, -0.2) is 15.5 Å². The lowest BCUT2D eigenvalue weighted by atomic mass is 10.1. The van der Waals surface area contributed by atoms with E-state index in [1.165, 1.54) is 0 Å². The van der Waals surface area contributed by atoms with E-state index < -0.39 is 0 Å². The number of aromatic nitrogens is 2. The Balaban J connectivity index is 2.22. The fourth-order valence-corrected chi connectivity index (χ4v) is 1.71. The first kappa shape index (κ1) is 11.4. The average molecular weight is 229 g/mol. The van der Waals surface area contributed by atoms with E-state index in [2.05, 4.69) is 17.2 Å². The van der Waals surface area contributed by atoms with Crippen molar-refractivity contribution in [3.63, 3.8) is 0 Å². The van der Waals surface area contributed by atoms with Crippen LogP contribution < -0.4 is 5.32 Å². The van der Waals surface area contributed by atoms with Crippen LogP contribution in [0.5, 0.6) is 0 Å². The van der Waals surface area contributed by atoms with Crippen LogP contribution in [0.2, 0.25) is 0 Å². The van der Waals surface area contributed by atoms with Gasteiger partial charge in [-0.3, -0.25) is 4.79 Å². The number of hydrogen-bond donors (Lipinski definition) is 1. The van der Waals surface area contributed by atoms with E-state index in [9.17, 15) is 4.79 Å². The van der Waals surface area contributed by atoms with Gasteiger partial charge in [-0.2, -0.15) is 0 Å². The molecule has 0 aliphatic heterocycles. The van der Waals surface area contributed by atoms with Gasteiger partial charge in [-0.25, -0.2) is 4.98 Å². The lowest BCUT2D eigenvalue weighted by molar-refractivity contribution is 0.101. The van der Waals surface area contributed by atoms with Gasteiger partial charge in [0.15, 0.2) is 0 Å². The molecule has 0 fully saturated rings. The van der Waals surface area contributed by atoms with Gasteiger partial charge in [0, 0.05) is 12.7 Å². The van der Waals surface area contributed by atoms with Crippen LogP contribution in [0.1, 0.15) is 23.0 Å². The minimum atomic E-state index is -0.133. The summed E-state index contributed by atoms with van der Waals surface area (Å²) in [5.74, 6) is -0.133. The lowest BCUT2D eigenvalue weighted by Crippen LogP contribution is -2.16. The Labute approximate surface area is 100 Å². The zero-order valence-electron chi connectivity index (χ0n) is 9.97. The standard InChI is InChI=1S/C13H15N3O/c1-3-10-6-4-5-7-11(10)15-13(17)12-8-14-9-16(12)2/h4-9H,3H2,1-2H3,(H,15,17). The third-order valence-electron chi connectivity index (χ3n) is 2.70. The monoisotopic (exact) mass is 229 g/mol. The van der Waals surface area contributed by atoms with Gasteiger partial charge in [-0.15, -0.1) is 0 Å². The molecule has 0 saturated heterocycles. The van der Waals surface area contributed by atoms with Gasteiger partial charge in [0.05, 0.1) is 12.5 Å². The number of amides is 1. The molecule has 1 aromatic carbocycles. The molecule has 0 spiro atoms. The molecular weight excluding hydrogens is 214 g/mol. The average Bonchev–Trinajstić information content (AvgIpc) is 2.76. The van der Waals surface area contributed by atoms with Crippen LogP contribution in [0.15, 0.2) is 36.8 Å². The molecule has 0 saturated carbocycles. The fraction of sp³-hybridized carbons (Fsp3) is 0.231. The molecular formula is C13H15N3O. The van der Waals surface area contributed by atoms with Crippen molar-refractivity contribution in [2.45, 2.75) is 13.3 Å². The van der Waals surface area contributed by atoms with E-state index in [1.54, 1.807) is 24.1 Å². The largest absolute Gasteiger partial charge is 0.330 e. The van der Waals surface area contributed by atoms with E-state index >= 15 is 0 Å². The van der Waals surface area contributed by atoms with Crippen molar-refractivity contribution >= 4 is 11.6 Å². The topological polar surface area (TPSA) is 46.9 Å². The highest BCUT2D eigenvalue weighted by Gasteiger charge is 2.11. The van der Waals surface area contributed by atoms with Crippen molar-refractivity contribution in [2.24, 2.45) is 7.05 Å². The summed E-state index contributed by atoms with van der Waals surface area (Å²) in [7, 11) is 1.80. The first-order chi connectivity index (χ1) is 8.22. The Hall–Kier alpha value is -2.10. The molecule has 0 atom stereocenters. The lowest BCUT2D eigenvalue weighted by Gasteiger charge is -2.09. The Morgan fingerprint density at radius 3 is 2.82 bits per heavy atom. The number of hydrogen-bond acceptors (Lipinski definition) is 2. The van der Waals surface area contributed by atoms with Crippen LogP contribution >= 0.6 is 0 Å². The van der Waals surface area contributed by atoms with E-state index in [4.69, 9.17) is 0 Å². The van der Waals surface area contributed by atoms with Crippen LogP contribution in [0, 0.1) is 0 Å². The Morgan fingerprint density at radius 1 is 1.41 bits per heavy atom. The molecule has 0 bridgehead atoms. The highest BCUT2D eigenvalue weighted by molar-refractivity contribution is 6.03. The van der Waals surface area contributed by atoms with Crippen molar-refractivity contribution in [1.29, 1.82) is 0 Å². The molecule has 0 radical (unpaired) electrons. The molecule has 0 unspecified atom stereocenters. The second-order valence-electron chi connectivity index (χ2n) is 3.85. The van der Waals surface area contributed by atoms with E-state index in [0.29, 0.717) is 5.69 Å². The van der Waals surface area contributed by atoms with Crippen LogP contribution in [0.4, 0.5) is 5.69 Å².